The molecule has 0 saturated carbocycles. The lowest BCUT2D eigenvalue weighted by Gasteiger charge is -2.30. The molecule has 64 heavy (non-hydrogen) atoms. The smallest absolute Gasteiger partial charge is 0.310 e. The molecule has 23 nitrogen and oxygen atoms in total. The van der Waals surface area contributed by atoms with E-state index >= 15 is 0 Å². The Bertz CT molecular complexity index is 2050. The van der Waals surface area contributed by atoms with Gasteiger partial charge in [-0.15, -0.1) is 0 Å². The highest BCUT2D eigenvalue weighted by Gasteiger charge is 2.39. The van der Waals surface area contributed by atoms with Crippen LogP contribution in [0.2, 0.25) is 0 Å². The Labute approximate surface area is 369 Å². The number of carbonyl (C=O) groups is 7. The van der Waals surface area contributed by atoms with Crippen LogP contribution in [-0.4, -0.2) is 117 Å². The van der Waals surface area contributed by atoms with Gasteiger partial charge in [0.25, 0.3) is 0 Å². The predicted octanol–water partition coefficient (Wildman–Crippen LogP) is -1.02. The Morgan fingerprint density at radius 2 is 1.59 bits per heavy atom. The molecular formula is C41H60N12O11. The second kappa shape index (κ2) is 24.6. The maximum Gasteiger partial charge on any atom is 0.310 e. The first-order chi connectivity index (χ1) is 30.2. The molecule has 15 N–H and O–H groups in total. The zero-order valence-electron chi connectivity index (χ0n) is 36.1. The summed E-state index contributed by atoms with van der Waals surface area (Å²) in [6, 6.07) is 3.20. The molecule has 2 aromatic rings. The first-order valence-corrected chi connectivity index (χ1v) is 20.8. The minimum Gasteiger partial charge on any atom is -0.502 e. The van der Waals surface area contributed by atoms with E-state index in [2.05, 4.69) is 31.6 Å². The van der Waals surface area contributed by atoms with Gasteiger partial charge in [0, 0.05) is 44.2 Å². The second-order valence-corrected chi connectivity index (χ2v) is 15.6. The van der Waals surface area contributed by atoms with E-state index in [-0.39, 0.29) is 49.8 Å². The van der Waals surface area contributed by atoms with Gasteiger partial charge in [-0.25, -0.2) is 0 Å². The Kier molecular flexibility index (Phi) is 19.7. The molecule has 2 aromatic carbocycles. The molecular weight excluding hydrogens is 837 g/mol. The van der Waals surface area contributed by atoms with Crippen LogP contribution >= 0.6 is 0 Å². The van der Waals surface area contributed by atoms with Gasteiger partial charge in [0.15, 0.2) is 11.7 Å². The number of nitrogens with zero attached hydrogens (tertiary/aromatic N) is 3. The molecule has 1 aliphatic rings. The molecule has 0 spiro atoms. The molecule has 7 atom stereocenters. The summed E-state index contributed by atoms with van der Waals surface area (Å²) in [4.78, 5) is 109. The molecule has 1 heterocycles. The van der Waals surface area contributed by atoms with Gasteiger partial charge in [-0.2, -0.15) is 0 Å². The zero-order chi connectivity index (χ0) is 47.7. The van der Waals surface area contributed by atoms with Gasteiger partial charge in [0.05, 0.1) is 11.0 Å². The fraction of sp³-hybridized carbons (Fsp3) is 0.512. The third-order valence-electron chi connectivity index (χ3n) is 10.8. The van der Waals surface area contributed by atoms with E-state index in [1.807, 2.05) is 26.0 Å². The zero-order valence-corrected chi connectivity index (χ0v) is 36.1. The van der Waals surface area contributed by atoms with Crippen molar-refractivity contribution in [1.29, 1.82) is 0 Å². The first kappa shape index (κ1) is 51.3. The summed E-state index contributed by atoms with van der Waals surface area (Å²) in [5, 5.41) is 44.2. The number of nitrogens with two attached hydrogens (primary N) is 4. The van der Waals surface area contributed by atoms with E-state index in [4.69, 9.17) is 28.0 Å². The second-order valence-electron chi connectivity index (χ2n) is 15.6. The molecule has 3 rings (SSSR count). The topological polar surface area (TPSA) is 383 Å². The van der Waals surface area contributed by atoms with E-state index in [0.717, 1.165) is 17.7 Å². The van der Waals surface area contributed by atoms with Gasteiger partial charge < -0.3 is 64.6 Å². The van der Waals surface area contributed by atoms with Crippen LogP contribution in [0, 0.1) is 16.0 Å². The number of amides is 6. The summed E-state index contributed by atoms with van der Waals surface area (Å²) in [5.74, 6) is -7.02. The van der Waals surface area contributed by atoms with Crippen molar-refractivity contribution in [1.82, 2.24) is 31.5 Å². The van der Waals surface area contributed by atoms with Gasteiger partial charge in [-0.05, 0) is 68.2 Å². The quantitative estimate of drug-likeness (QED) is 0.0142. The number of nitro benzene ring substituents is 1. The molecule has 23 heteroatoms. The number of phenols is 1. The molecule has 0 unspecified atom stereocenters. The van der Waals surface area contributed by atoms with Crippen LogP contribution in [-0.2, 0) is 46.5 Å². The summed E-state index contributed by atoms with van der Waals surface area (Å²) in [6.07, 6.45) is -0.0692. The Morgan fingerprint density at radius 3 is 2.22 bits per heavy atom. The first-order valence-electron chi connectivity index (χ1n) is 20.8. The van der Waals surface area contributed by atoms with Crippen molar-refractivity contribution in [3.05, 3.63) is 63.7 Å². The average molecular weight is 897 g/mol. The number of anilines is 1. The number of nitro groups is 1. The van der Waals surface area contributed by atoms with Crippen molar-refractivity contribution >= 4 is 58.7 Å². The lowest BCUT2D eigenvalue weighted by molar-refractivity contribution is -0.385. The minimum atomic E-state index is -1.60. The van der Waals surface area contributed by atoms with Crippen molar-refractivity contribution in [2.45, 2.75) is 115 Å². The fourth-order valence-electron chi connectivity index (χ4n) is 7.05. The lowest BCUT2D eigenvalue weighted by atomic mass is 9.97. The molecule has 6 amide bonds. The van der Waals surface area contributed by atoms with E-state index in [1.165, 1.54) is 17.9 Å². The third kappa shape index (κ3) is 15.4. The summed E-state index contributed by atoms with van der Waals surface area (Å²) in [7, 11) is 0. The number of nitrogen functional groups attached to an aromatic ring is 1. The van der Waals surface area contributed by atoms with Crippen LogP contribution in [0.15, 0.2) is 47.5 Å². The highest BCUT2D eigenvalue weighted by molar-refractivity contribution is 5.97. The SMILES string of the molecule is CC[C@H](C)[C@H](NCc1ccccc1N)C(=O)N[C@@H](C)C(=O)N1CCC[C@H]1C(=O)N[C@@H](CCCN=C(N)N)C(=O)N[C@@H](Cc1ccc(O)c([N+](=O)[O-])c1)C(=O)N[C@@H](CCC(=O)O)C(N)=O. The number of aliphatic imine (C=N–C) groups is 1. The Hall–Kier alpha value is -7.04. The number of hydrogen-bond donors (Lipinski definition) is 11. The number of guanidine groups is 1. The van der Waals surface area contributed by atoms with Gasteiger partial charge in [-0.3, -0.25) is 48.7 Å². The van der Waals surface area contributed by atoms with Crippen molar-refractivity contribution < 1.29 is 48.7 Å². The summed E-state index contributed by atoms with van der Waals surface area (Å²) in [5.41, 5.74) is 23.2. The van der Waals surface area contributed by atoms with Crippen molar-refractivity contribution in [2.24, 2.45) is 28.1 Å². The number of carboxylic acids is 1. The van der Waals surface area contributed by atoms with Gasteiger partial charge in [0.1, 0.15) is 30.2 Å². The van der Waals surface area contributed by atoms with Gasteiger partial charge in [0.2, 0.25) is 35.4 Å². The van der Waals surface area contributed by atoms with E-state index in [1.54, 1.807) is 12.1 Å². The van der Waals surface area contributed by atoms with Crippen molar-refractivity contribution in [3.8, 4) is 5.75 Å². The van der Waals surface area contributed by atoms with Gasteiger partial charge >= 0.3 is 11.7 Å². The molecule has 1 fully saturated rings. The Morgan fingerprint density at radius 1 is 0.922 bits per heavy atom. The van der Waals surface area contributed by atoms with E-state index in [0.29, 0.717) is 25.1 Å². The van der Waals surface area contributed by atoms with Crippen LogP contribution in [0.4, 0.5) is 11.4 Å². The molecule has 0 aromatic heterocycles. The van der Waals surface area contributed by atoms with Crippen molar-refractivity contribution in [2.75, 3.05) is 18.8 Å². The number of benzene rings is 2. The molecule has 350 valence electrons. The monoisotopic (exact) mass is 896 g/mol. The van der Waals surface area contributed by atoms with Gasteiger partial charge in [-0.1, -0.05) is 44.5 Å². The number of rotatable bonds is 25. The number of aromatic hydroxyl groups is 1. The predicted molar refractivity (Wildman–Crippen MR) is 234 cm³/mol. The van der Waals surface area contributed by atoms with Crippen molar-refractivity contribution in [3.63, 3.8) is 0 Å². The number of hydrogen-bond acceptors (Lipinski definition) is 13. The summed E-state index contributed by atoms with van der Waals surface area (Å²) in [6.45, 7) is 5.85. The average Bonchev–Trinajstić information content (AvgIpc) is 3.74. The number of phenolic OH excluding ortho intramolecular Hbond substituents is 1. The number of likely N-dealkylation sites (tertiary alicyclic amines) is 1. The number of aliphatic carboxylic acids is 1. The highest BCUT2D eigenvalue weighted by atomic mass is 16.6. The third-order valence-corrected chi connectivity index (χ3v) is 10.8. The van der Waals surface area contributed by atoms with E-state index < -0.39 is 113 Å². The molecule has 0 aliphatic carbocycles. The number of carbonyl (C=O) groups excluding carboxylic acids is 6. The van der Waals surface area contributed by atoms with Crippen LogP contribution in [0.5, 0.6) is 5.75 Å². The maximum absolute atomic E-state index is 14.1. The largest absolute Gasteiger partial charge is 0.502 e. The van der Waals surface area contributed by atoms with Crippen LogP contribution < -0.4 is 49.5 Å². The number of carboxylic acid groups (broad SMARTS) is 1. The molecule has 1 saturated heterocycles. The molecule has 0 radical (unpaired) electrons. The fourth-order valence-corrected chi connectivity index (χ4v) is 7.05. The van der Waals surface area contributed by atoms with Crippen LogP contribution in [0.25, 0.3) is 0 Å². The summed E-state index contributed by atoms with van der Waals surface area (Å²) < 4.78 is 0. The summed E-state index contributed by atoms with van der Waals surface area (Å²) >= 11 is 0. The molecule has 1 aliphatic heterocycles. The number of para-hydroxylation sites is 1. The van der Waals surface area contributed by atoms with Crippen LogP contribution in [0.1, 0.15) is 76.8 Å². The molecule has 0 bridgehead atoms. The van der Waals surface area contributed by atoms with E-state index in [9.17, 15) is 48.8 Å². The van der Waals surface area contributed by atoms with Crippen LogP contribution in [0.3, 0.4) is 0 Å². The maximum atomic E-state index is 14.1. The Balaban J connectivity index is 1.85. The standard InChI is InChI=1S/C41H60N12O11/c1-4-22(2)34(47-21-25-9-5-6-10-26(25)42)39(61)48-23(3)40(62)52-18-8-12-30(52)38(60)50-28(11-7-17-46-41(44)45)36(58)51-29(19-24-13-15-32(54)31(20-24)53(63)64)37(59)49-27(35(43)57)14-16-33(55)56/h5-6,9-10,13,15,20,22-23,27-30,34,47,54H,4,7-8,11-12,14,16-19,21,42H2,1-3H3,(H2,43,57)(H,48,61)(H,49,59)(H,50,60)(H,51,58)(H,55,56)(H4,44,45,46)/t22-,23-,27-,28-,29-,30-,34-/m0/s1. The lowest BCUT2D eigenvalue weighted by Crippen LogP contribution is -2.59. The number of nitrogens with one attached hydrogen (secondary N) is 5. The highest BCUT2D eigenvalue weighted by Crippen LogP contribution is 2.27. The number of primary amides is 1. The normalized spacial score (nSPS) is 16.2. The minimum absolute atomic E-state index is 0.0312.